The number of benzene rings is 1. The first-order valence-electron chi connectivity index (χ1n) is 4.94. The van der Waals surface area contributed by atoms with Gasteiger partial charge in [-0.3, -0.25) is 10.1 Å². The Hall–Kier alpha value is -1.74. The predicted octanol–water partition coefficient (Wildman–Crippen LogP) is 0.884. The molecule has 0 aliphatic carbocycles. The van der Waals surface area contributed by atoms with E-state index in [4.69, 9.17) is 0 Å². The lowest BCUT2D eigenvalue weighted by molar-refractivity contribution is -0.387. The van der Waals surface area contributed by atoms with E-state index in [2.05, 4.69) is 5.32 Å². The summed E-state index contributed by atoms with van der Waals surface area (Å²) in [6.07, 6.45) is 0. The fourth-order valence-corrected chi connectivity index (χ4v) is 2.49. The van der Waals surface area contributed by atoms with Crippen molar-refractivity contribution in [1.82, 2.24) is 4.72 Å². The van der Waals surface area contributed by atoms with E-state index in [-0.39, 0.29) is 0 Å². The molecular formula is C9H12FN3O4S. The molecule has 2 N–H and O–H groups in total. The highest BCUT2D eigenvalue weighted by Gasteiger charge is 2.25. The number of hydrogen-bond acceptors (Lipinski definition) is 5. The smallest absolute Gasteiger partial charge is 0.289 e. The van der Waals surface area contributed by atoms with Crippen molar-refractivity contribution in [2.45, 2.75) is 4.90 Å². The van der Waals surface area contributed by atoms with Gasteiger partial charge in [0.25, 0.3) is 5.69 Å². The lowest BCUT2D eigenvalue weighted by Gasteiger charge is -2.07. The van der Waals surface area contributed by atoms with Crippen LogP contribution < -0.4 is 10.0 Å². The minimum Gasteiger partial charge on any atom is -0.388 e. The van der Waals surface area contributed by atoms with E-state index < -0.39 is 38.7 Å². The van der Waals surface area contributed by atoms with Crippen LogP contribution in [0, 0.1) is 10.1 Å². The minimum atomic E-state index is -4.10. The molecule has 1 aromatic carbocycles. The Labute approximate surface area is 103 Å². The van der Waals surface area contributed by atoms with Crippen molar-refractivity contribution in [3.63, 3.8) is 0 Å². The quantitative estimate of drug-likeness (QED) is 0.594. The van der Waals surface area contributed by atoms with Gasteiger partial charge in [-0.05, 0) is 12.1 Å². The summed E-state index contributed by atoms with van der Waals surface area (Å²) in [6, 6.07) is 3.58. The van der Waals surface area contributed by atoms with Crippen molar-refractivity contribution in [3.8, 4) is 0 Å². The first-order chi connectivity index (χ1) is 8.42. The topological polar surface area (TPSA) is 101 Å². The fraction of sp³-hybridized carbons (Fsp3) is 0.333. The fourth-order valence-electron chi connectivity index (χ4n) is 1.29. The average molecular weight is 277 g/mol. The molecule has 0 fully saturated rings. The highest BCUT2D eigenvalue weighted by atomic mass is 32.2. The number of nitro benzene ring substituents is 1. The highest BCUT2D eigenvalue weighted by molar-refractivity contribution is 7.89. The van der Waals surface area contributed by atoms with Crippen molar-refractivity contribution in [2.24, 2.45) is 0 Å². The lowest BCUT2D eigenvalue weighted by Crippen LogP contribution is -2.26. The molecule has 1 rings (SSSR count). The normalized spacial score (nSPS) is 11.2. The van der Waals surface area contributed by atoms with Gasteiger partial charge in [0.2, 0.25) is 10.0 Å². The zero-order valence-electron chi connectivity index (χ0n) is 9.51. The van der Waals surface area contributed by atoms with Gasteiger partial charge in [0, 0.05) is 25.3 Å². The number of halogens is 1. The van der Waals surface area contributed by atoms with E-state index in [1.807, 2.05) is 4.72 Å². The minimum absolute atomic E-state index is 0.404. The lowest BCUT2D eigenvalue weighted by atomic mass is 10.3. The molecule has 18 heavy (non-hydrogen) atoms. The van der Waals surface area contributed by atoms with Crippen LogP contribution in [0.5, 0.6) is 0 Å². The molecule has 0 atom stereocenters. The molecule has 0 saturated carbocycles. The number of nitro groups is 1. The Morgan fingerprint density at radius 3 is 2.61 bits per heavy atom. The third-order valence-corrected chi connectivity index (χ3v) is 3.61. The second-order valence-electron chi connectivity index (χ2n) is 3.28. The van der Waals surface area contributed by atoms with Gasteiger partial charge in [-0.1, -0.05) is 0 Å². The maximum absolute atomic E-state index is 12.0. The van der Waals surface area contributed by atoms with Gasteiger partial charge in [0.15, 0.2) is 4.90 Å². The summed E-state index contributed by atoms with van der Waals surface area (Å²) >= 11 is 0. The average Bonchev–Trinajstić information content (AvgIpc) is 2.35. The Balaban J connectivity index is 3.31. The van der Waals surface area contributed by atoms with Crippen LogP contribution in [0.25, 0.3) is 0 Å². The second kappa shape index (κ2) is 5.74. The van der Waals surface area contributed by atoms with Crippen LogP contribution in [0.1, 0.15) is 0 Å². The number of alkyl halides is 1. The van der Waals surface area contributed by atoms with E-state index in [1.54, 1.807) is 7.05 Å². The zero-order chi connectivity index (χ0) is 13.8. The number of rotatable bonds is 6. The summed E-state index contributed by atoms with van der Waals surface area (Å²) in [6.45, 7) is -1.32. The number of nitrogens with zero attached hydrogens (tertiary/aromatic N) is 1. The molecule has 100 valence electrons. The van der Waals surface area contributed by atoms with Gasteiger partial charge in [0.1, 0.15) is 6.67 Å². The standard InChI is InChI=1S/C9H12FN3O4S/c1-11-7-2-3-8(13(14)15)9(6-7)18(16,17)12-5-4-10/h2-3,6,11-12H,4-5H2,1H3. The molecule has 0 aromatic heterocycles. The van der Waals surface area contributed by atoms with Crippen LogP contribution in [0.2, 0.25) is 0 Å². The van der Waals surface area contributed by atoms with Gasteiger partial charge in [-0.15, -0.1) is 0 Å². The van der Waals surface area contributed by atoms with Crippen molar-refractivity contribution in [3.05, 3.63) is 28.3 Å². The van der Waals surface area contributed by atoms with Crippen molar-refractivity contribution >= 4 is 21.4 Å². The predicted molar refractivity (Wildman–Crippen MR) is 63.8 cm³/mol. The van der Waals surface area contributed by atoms with Gasteiger partial charge >= 0.3 is 0 Å². The van der Waals surface area contributed by atoms with Crippen LogP contribution in [0.3, 0.4) is 0 Å². The molecule has 0 heterocycles. The summed E-state index contributed by atoms with van der Waals surface area (Å²) in [7, 11) is -2.55. The van der Waals surface area contributed by atoms with E-state index >= 15 is 0 Å². The van der Waals surface area contributed by atoms with Crippen LogP contribution >= 0.6 is 0 Å². The van der Waals surface area contributed by atoms with Gasteiger partial charge < -0.3 is 5.32 Å². The van der Waals surface area contributed by atoms with Gasteiger partial charge in [-0.25, -0.2) is 17.5 Å². The van der Waals surface area contributed by atoms with E-state index in [0.717, 1.165) is 12.1 Å². The molecule has 1 aromatic rings. The van der Waals surface area contributed by atoms with Gasteiger partial charge in [0.05, 0.1) is 4.92 Å². The Morgan fingerprint density at radius 2 is 2.11 bits per heavy atom. The van der Waals surface area contributed by atoms with E-state index in [0.29, 0.717) is 5.69 Å². The maximum Gasteiger partial charge on any atom is 0.289 e. The number of hydrogen-bond donors (Lipinski definition) is 2. The molecule has 0 amide bonds. The van der Waals surface area contributed by atoms with E-state index in [9.17, 15) is 22.9 Å². The van der Waals surface area contributed by atoms with Gasteiger partial charge in [-0.2, -0.15) is 0 Å². The largest absolute Gasteiger partial charge is 0.388 e. The number of sulfonamides is 1. The zero-order valence-corrected chi connectivity index (χ0v) is 10.3. The summed E-state index contributed by atoms with van der Waals surface area (Å²) < 4.78 is 37.5. The molecule has 0 aliphatic rings. The number of nitrogens with one attached hydrogen (secondary N) is 2. The molecule has 9 heteroatoms. The third-order valence-electron chi connectivity index (χ3n) is 2.12. The van der Waals surface area contributed by atoms with Crippen LogP contribution in [-0.4, -0.2) is 33.6 Å². The van der Waals surface area contributed by atoms with Crippen molar-refractivity contribution in [2.75, 3.05) is 25.6 Å². The van der Waals surface area contributed by atoms with Crippen molar-refractivity contribution < 1.29 is 17.7 Å². The van der Waals surface area contributed by atoms with Crippen LogP contribution in [0.4, 0.5) is 15.8 Å². The molecule has 0 aliphatic heterocycles. The Bertz CT molecular complexity index is 547. The summed E-state index contributed by atoms with van der Waals surface area (Å²) in [4.78, 5) is 9.47. The SMILES string of the molecule is CNc1ccc([N+](=O)[O-])c(S(=O)(=O)NCCF)c1. The first kappa shape index (κ1) is 14.3. The molecule has 0 bridgehead atoms. The monoisotopic (exact) mass is 277 g/mol. The summed E-state index contributed by atoms with van der Waals surface area (Å²) in [5, 5.41) is 13.4. The summed E-state index contributed by atoms with van der Waals surface area (Å²) in [5.41, 5.74) is -0.151. The van der Waals surface area contributed by atoms with Crippen molar-refractivity contribution in [1.29, 1.82) is 0 Å². The third kappa shape index (κ3) is 3.14. The highest BCUT2D eigenvalue weighted by Crippen LogP contribution is 2.26. The van der Waals surface area contributed by atoms with Crippen LogP contribution in [-0.2, 0) is 10.0 Å². The molecule has 0 saturated heterocycles. The Kier molecular flexibility index (Phi) is 4.56. The maximum atomic E-state index is 12.0. The second-order valence-corrected chi connectivity index (χ2v) is 5.01. The molecule has 7 nitrogen and oxygen atoms in total. The first-order valence-corrected chi connectivity index (χ1v) is 6.42. The molecule has 0 spiro atoms. The molecular weight excluding hydrogens is 265 g/mol. The van der Waals surface area contributed by atoms with Crippen LogP contribution in [0.15, 0.2) is 23.1 Å². The molecule has 0 unspecified atom stereocenters. The Morgan fingerprint density at radius 1 is 1.44 bits per heavy atom. The summed E-state index contributed by atoms with van der Waals surface area (Å²) in [5.74, 6) is 0. The molecule has 0 radical (unpaired) electrons. The number of anilines is 1. The van der Waals surface area contributed by atoms with E-state index in [1.165, 1.54) is 6.07 Å².